The highest BCUT2D eigenvalue weighted by molar-refractivity contribution is 5.82. The molecule has 1 fully saturated rings. The minimum absolute atomic E-state index is 0.153. The van der Waals surface area contributed by atoms with E-state index in [2.05, 4.69) is 33.9 Å². The first-order chi connectivity index (χ1) is 14.9. The summed E-state index contributed by atoms with van der Waals surface area (Å²) in [4.78, 5) is 33.2. The zero-order valence-electron chi connectivity index (χ0n) is 16.3. The maximum absolute atomic E-state index is 15.2. The molecular formula is C18H15F9O6. The highest BCUT2D eigenvalue weighted by Gasteiger charge is 2.99. The van der Waals surface area contributed by atoms with Crippen molar-refractivity contribution in [2.24, 2.45) is 0 Å². The average molecular weight is 498 g/mol. The molecule has 0 aromatic rings. The standard InChI is InChI=1S/C18H15F9O6/c1-4-10(28)31-7-13(19)16(22,23)14(20,8-32-11(29)5-2)18(26,27)15(21,17(13,24)25)9-33-12(30)6-3/h4-6H,1-3,7-9H2. The highest BCUT2D eigenvalue weighted by atomic mass is 19.3. The second-order valence-corrected chi connectivity index (χ2v) is 6.56. The molecule has 33 heavy (non-hydrogen) atoms. The van der Waals surface area contributed by atoms with Gasteiger partial charge in [0.2, 0.25) is 0 Å². The predicted molar refractivity (Wildman–Crippen MR) is 89.8 cm³/mol. The fourth-order valence-electron chi connectivity index (χ4n) is 2.77. The average Bonchev–Trinajstić information content (AvgIpc) is 2.76. The zero-order valence-corrected chi connectivity index (χ0v) is 16.3. The summed E-state index contributed by atoms with van der Waals surface area (Å²) < 4.78 is 146. The minimum atomic E-state index is -6.59. The summed E-state index contributed by atoms with van der Waals surface area (Å²) in [7, 11) is 0. The number of hydrogen-bond donors (Lipinski definition) is 0. The zero-order chi connectivity index (χ0) is 26.1. The van der Waals surface area contributed by atoms with Gasteiger partial charge in [-0.05, 0) is 0 Å². The number of halogens is 9. The molecule has 0 spiro atoms. The van der Waals surface area contributed by atoms with Crippen LogP contribution in [0.15, 0.2) is 38.0 Å². The third-order valence-electron chi connectivity index (χ3n) is 4.73. The second kappa shape index (κ2) is 8.74. The molecule has 1 saturated carbocycles. The fraction of sp³-hybridized carbons (Fsp3) is 0.500. The molecule has 6 nitrogen and oxygen atoms in total. The Hall–Kier alpha value is -3.00. The molecule has 186 valence electrons. The normalized spacial score (nSPS) is 31.5. The molecule has 0 amide bonds. The van der Waals surface area contributed by atoms with Gasteiger partial charge >= 0.3 is 35.7 Å². The number of esters is 3. The molecule has 15 heteroatoms. The van der Waals surface area contributed by atoms with Crippen LogP contribution in [0.5, 0.6) is 0 Å². The van der Waals surface area contributed by atoms with Crippen LogP contribution in [-0.2, 0) is 28.6 Å². The Morgan fingerprint density at radius 3 is 0.848 bits per heavy atom. The van der Waals surface area contributed by atoms with Gasteiger partial charge in [-0.25, -0.2) is 27.6 Å². The van der Waals surface area contributed by atoms with E-state index in [-0.39, 0.29) is 18.2 Å². The van der Waals surface area contributed by atoms with Gasteiger partial charge in [0.1, 0.15) is 19.8 Å². The number of carbonyl (C=O) groups is 3. The van der Waals surface area contributed by atoms with Crippen molar-refractivity contribution in [3.05, 3.63) is 38.0 Å². The largest absolute Gasteiger partial charge is 0.459 e. The maximum atomic E-state index is 15.2. The molecular weight excluding hydrogens is 483 g/mol. The lowest BCUT2D eigenvalue weighted by molar-refractivity contribution is -0.443. The summed E-state index contributed by atoms with van der Waals surface area (Å²) in [6.45, 7) is -0.367. The second-order valence-electron chi connectivity index (χ2n) is 6.56. The first kappa shape index (κ1) is 28.0. The SMILES string of the molecule is C=CC(=O)OCC1(F)C(F)(F)C(F)(COC(=O)C=C)C(F)(F)C(F)(COC(=O)C=C)C1(F)F. The summed E-state index contributed by atoms with van der Waals surface area (Å²) in [6.07, 6.45) is 0.459. The summed E-state index contributed by atoms with van der Waals surface area (Å²) in [5, 5.41) is 0. The monoisotopic (exact) mass is 498 g/mol. The van der Waals surface area contributed by atoms with Gasteiger partial charge in [-0.15, -0.1) is 0 Å². The van der Waals surface area contributed by atoms with E-state index in [0.717, 1.165) is 0 Å². The van der Waals surface area contributed by atoms with Gasteiger partial charge in [0.15, 0.2) is 0 Å². The lowest BCUT2D eigenvalue weighted by Gasteiger charge is -2.57. The van der Waals surface area contributed by atoms with Crippen LogP contribution in [-0.4, -0.2) is 72.5 Å². The van der Waals surface area contributed by atoms with Crippen molar-refractivity contribution >= 4 is 17.9 Å². The van der Waals surface area contributed by atoms with E-state index in [1.807, 2.05) is 0 Å². The molecule has 1 aliphatic carbocycles. The van der Waals surface area contributed by atoms with Gasteiger partial charge in [0.25, 0.3) is 17.0 Å². The lowest BCUT2D eigenvalue weighted by atomic mass is 9.62. The van der Waals surface area contributed by atoms with Crippen molar-refractivity contribution in [1.82, 2.24) is 0 Å². The first-order valence-corrected chi connectivity index (χ1v) is 8.44. The predicted octanol–water partition coefficient (Wildman–Crippen LogP) is 3.22. The van der Waals surface area contributed by atoms with Crippen LogP contribution in [0.3, 0.4) is 0 Å². The van der Waals surface area contributed by atoms with Gasteiger partial charge in [-0.2, -0.15) is 26.3 Å². The topological polar surface area (TPSA) is 78.9 Å². The highest BCUT2D eigenvalue weighted by Crippen LogP contribution is 2.68. The van der Waals surface area contributed by atoms with Gasteiger partial charge in [0.05, 0.1) is 0 Å². The van der Waals surface area contributed by atoms with Crippen molar-refractivity contribution in [1.29, 1.82) is 0 Å². The van der Waals surface area contributed by atoms with E-state index in [9.17, 15) is 40.7 Å². The minimum Gasteiger partial charge on any atom is -0.459 e. The van der Waals surface area contributed by atoms with Crippen LogP contribution in [0, 0.1) is 0 Å². The Morgan fingerprint density at radius 2 is 0.697 bits per heavy atom. The van der Waals surface area contributed by atoms with Crippen LogP contribution < -0.4 is 0 Å². The van der Waals surface area contributed by atoms with Crippen LogP contribution in [0.25, 0.3) is 0 Å². The van der Waals surface area contributed by atoms with Crippen LogP contribution in [0.4, 0.5) is 39.5 Å². The van der Waals surface area contributed by atoms with E-state index >= 15 is 13.2 Å². The van der Waals surface area contributed by atoms with Crippen LogP contribution in [0.2, 0.25) is 0 Å². The van der Waals surface area contributed by atoms with Gasteiger partial charge in [-0.3, -0.25) is 0 Å². The van der Waals surface area contributed by atoms with Crippen molar-refractivity contribution in [2.45, 2.75) is 34.8 Å². The van der Waals surface area contributed by atoms with E-state index in [1.54, 1.807) is 0 Å². The molecule has 0 atom stereocenters. The number of carbonyl (C=O) groups excluding carboxylic acids is 3. The van der Waals surface area contributed by atoms with E-state index in [1.165, 1.54) is 0 Å². The molecule has 0 aliphatic heterocycles. The first-order valence-electron chi connectivity index (χ1n) is 8.44. The Labute approximate surface area is 179 Å². The third-order valence-corrected chi connectivity index (χ3v) is 4.73. The Morgan fingerprint density at radius 1 is 0.515 bits per heavy atom. The fourth-order valence-corrected chi connectivity index (χ4v) is 2.77. The van der Waals surface area contributed by atoms with Gasteiger partial charge in [-0.1, -0.05) is 19.7 Å². The number of rotatable bonds is 9. The number of ether oxygens (including phenoxy) is 3. The molecule has 1 rings (SSSR count). The summed E-state index contributed by atoms with van der Waals surface area (Å²) in [5.41, 5.74) is -18.1. The maximum Gasteiger partial charge on any atom is 0.333 e. The Balaban J connectivity index is 3.85. The van der Waals surface area contributed by atoms with Crippen LogP contribution in [0.1, 0.15) is 0 Å². The smallest absolute Gasteiger partial charge is 0.333 e. The van der Waals surface area contributed by atoms with Crippen LogP contribution >= 0.6 is 0 Å². The molecule has 0 bridgehead atoms. The van der Waals surface area contributed by atoms with Gasteiger partial charge < -0.3 is 14.2 Å². The number of hydrogen-bond acceptors (Lipinski definition) is 6. The van der Waals surface area contributed by atoms with E-state index in [0.29, 0.717) is 0 Å². The van der Waals surface area contributed by atoms with E-state index < -0.39 is 72.5 Å². The molecule has 0 aromatic heterocycles. The lowest BCUT2D eigenvalue weighted by Crippen LogP contribution is -2.88. The summed E-state index contributed by atoms with van der Waals surface area (Å²) in [6, 6.07) is 0. The third kappa shape index (κ3) is 3.76. The molecule has 0 saturated heterocycles. The van der Waals surface area contributed by atoms with Gasteiger partial charge in [0, 0.05) is 18.2 Å². The molecule has 0 unspecified atom stereocenters. The molecule has 0 aromatic carbocycles. The molecule has 1 aliphatic rings. The summed E-state index contributed by atoms with van der Waals surface area (Å²) in [5.74, 6) is -25.3. The van der Waals surface area contributed by atoms with Crippen molar-refractivity contribution in [2.75, 3.05) is 19.8 Å². The molecule has 0 radical (unpaired) electrons. The Bertz CT molecular complexity index is 727. The van der Waals surface area contributed by atoms with Crippen molar-refractivity contribution in [3.63, 3.8) is 0 Å². The summed E-state index contributed by atoms with van der Waals surface area (Å²) >= 11 is 0. The quantitative estimate of drug-likeness (QED) is 0.210. The van der Waals surface area contributed by atoms with Crippen molar-refractivity contribution in [3.8, 4) is 0 Å². The van der Waals surface area contributed by atoms with Crippen molar-refractivity contribution < 1.29 is 68.1 Å². The molecule has 0 N–H and O–H groups in total. The van der Waals surface area contributed by atoms with E-state index in [4.69, 9.17) is 0 Å². The Kier molecular flexibility index (Phi) is 7.43. The molecule has 0 heterocycles. The number of alkyl halides is 9.